The van der Waals surface area contributed by atoms with Crippen LogP contribution in [0, 0.1) is 23.0 Å². The molecule has 0 aliphatic rings. The molecule has 22 heavy (non-hydrogen) atoms. The maximum Gasteiger partial charge on any atom is 0.130 e. The van der Waals surface area contributed by atoms with Crippen molar-refractivity contribution in [2.24, 2.45) is 0 Å². The summed E-state index contributed by atoms with van der Waals surface area (Å²) in [5.41, 5.74) is 1.93. The minimum absolute atomic E-state index is 0.324. The van der Waals surface area contributed by atoms with Crippen LogP contribution < -0.4 is 10.1 Å². The van der Waals surface area contributed by atoms with Crippen LogP contribution in [0.4, 0.5) is 8.78 Å². The number of nitrogens with one attached hydrogen (secondary N) is 1. The summed E-state index contributed by atoms with van der Waals surface area (Å²) < 4.78 is 31.5. The lowest BCUT2D eigenvalue weighted by atomic mass is 10.1. The molecule has 0 saturated heterocycles. The van der Waals surface area contributed by atoms with Crippen molar-refractivity contribution in [3.8, 4) is 11.8 Å². The molecule has 0 aliphatic heterocycles. The Morgan fingerprint density at radius 1 is 1.14 bits per heavy atom. The third kappa shape index (κ3) is 4.03. The average molecular weight is 302 g/mol. The third-order valence-electron chi connectivity index (χ3n) is 3.32. The van der Waals surface area contributed by atoms with Crippen LogP contribution in [0.15, 0.2) is 36.4 Å². The Bertz CT molecular complexity index is 696. The van der Waals surface area contributed by atoms with E-state index in [0.717, 1.165) is 11.6 Å². The van der Waals surface area contributed by atoms with Crippen LogP contribution in [-0.2, 0) is 13.0 Å². The summed E-state index contributed by atoms with van der Waals surface area (Å²) in [6, 6.07) is 10.9. The second-order valence-corrected chi connectivity index (χ2v) is 4.80. The summed E-state index contributed by atoms with van der Waals surface area (Å²) in [4.78, 5) is 0. The zero-order chi connectivity index (χ0) is 15.9. The predicted octanol–water partition coefficient (Wildman–Crippen LogP) is 3.18. The van der Waals surface area contributed by atoms with Gasteiger partial charge in [0.15, 0.2) is 0 Å². The first kappa shape index (κ1) is 15.9. The quantitative estimate of drug-likeness (QED) is 0.834. The smallest absolute Gasteiger partial charge is 0.130 e. The lowest BCUT2D eigenvalue weighted by Crippen LogP contribution is -2.17. The Kier molecular flexibility index (Phi) is 5.45. The molecule has 0 atom stereocenters. The van der Waals surface area contributed by atoms with Crippen molar-refractivity contribution >= 4 is 0 Å². The average Bonchev–Trinajstić information content (AvgIpc) is 2.53. The highest BCUT2D eigenvalue weighted by atomic mass is 19.1. The van der Waals surface area contributed by atoms with Crippen LogP contribution in [0.2, 0.25) is 0 Å². The van der Waals surface area contributed by atoms with Gasteiger partial charge in [0.05, 0.1) is 18.7 Å². The van der Waals surface area contributed by atoms with Crippen molar-refractivity contribution in [2.75, 3.05) is 13.7 Å². The van der Waals surface area contributed by atoms with E-state index in [-0.39, 0.29) is 0 Å². The number of nitrogens with zero attached hydrogens (tertiary/aromatic N) is 1. The van der Waals surface area contributed by atoms with Gasteiger partial charge in [-0.3, -0.25) is 0 Å². The van der Waals surface area contributed by atoms with Gasteiger partial charge in [-0.25, -0.2) is 8.78 Å². The van der Waals surface area contributed by atoms with Crippen molar-refractivity contribution in [2.45, 2.75) is 13.0 Å². The van der Waals surface area contributed by atoms with E-state index < -0.39 is 11.6 Å². The Labute approximate surface area is 128 Å². The summed E-state index contributed by atoms with van der Waals surface area (Å²) in [5.74, 6) is -0.471. The fourth-order valence-electron chi connectivity index (χ4n) is 2.13. The van der Waals surface area contributed by atoms with Crippen molar-refractivity contribution in [1.82, 2.24) is 5.32 Å². The normalized spacial score (nSPS) is 10.3. The molecular formula is C17H16F2N2O. The first-order valence-electron chi connectivity index (χ1n) is 6.85. The molecule has 2 aromatic rings. The summed E-state index contributed by atoms with van der Waals surface area (Å²) >= 11 is 0. The number of hydrogen-bond acceptors (Lipinski definition) is 3. The topological polar surface area (TPSA) is 45.0 Å². The molecule has 0 unspecified atom stereocenters. The fraction of sp³-hybridized carbons (Fsp3) is 0.235. The fourth-order valence-corrected chi connectivity index (χ4v) is 2.13. The Morgan fingerprint density at radius 3 is 2.59 bits per heavy atom. The molecule has 0 fully saturated rings. The Hall–Kier alpha value is -2.45. The molecule has 0 amide bonds. The molecule has 0 radical (unpaired) electrons. The molecule has 5 heteroatoms. The van der Waals surface area contributed by atoms with Crippen LogP contribution in [0.1, 0.15) is 16.7 Å². The zero-order valence-electron chi connectivity index (χ0n) is 12.2. The lowest BCUT2D eigenvalue weighted by Gasteiger charge is -2.10. The molecule has 1 N–H and O–H groups in total. The van der Waals surface area contributed by atoms with E-state index >= 15 is 0 Å². The molecule has 0 bridgehead atoms. The van der Waals surface area contributed by atoms with Gasteiger partial charge in [-0.2, -0.15) is 5.26 Å². The van der Waals surface area contributed by atoms with E-state index in [1.165, 1.54) is 12.1 Å². The van der Waals surface area contributed by atoms with Gasteiger partial charge in [0.25, 0.3) is 0 Å². The lowest BCUT2D eigenvalue weighted by molar-refractivity contribution is 0.409. The van der Waals surface area contributed by atoms with Gasteiger partial charge in [-0.15, -0.1) is 0 Å². The van der Waals surface area contributed by atoms with Crippen LogP contribution in [0.25, 0.3) is 0 Å². The summed E-state index contributed by atoms with van der Waals surface area (Å²) in [6.07, 6.45) is 0.678. The maximum atomic E-state index is 13.5. The summed E-state index contributed by atoms with van der Waals surface area (Å²) in [5, 5.41) is 12.0. The van der Waals surface area contributed by atoms with Gasteiger partial charge >= 0.3 is 0 Å². The predicted molar refractivity (Wildman–Crippen MR) is 79.5 cm³/mol. The first-order valence-corrected chi connectivity index (χ1v) is 6.85. The number of halogens is 2. The molecule has 2 rings (SSSR count). The van der Waals surface area contributed by atoms with Crippen LogP contribution >= 0.6 is 0 Å². The van der Waals surface area contributed by atoms with Gasteiger partial charge in [0, 0.05) is 18.2 Å². The van der Waals surface area contributed by atoms with Crippen LogP contribution in [0.3, 0.4) is 0 Å². The molecule has 0 saturated carbocycles. The van der Waals surface area contributed by atoms with Crippen molar-refractivity contribution in [3.05, 3.63) is 64.7 Å². The van der Waals surface area contributed by atoms with Gasteiger partial charge in [-0.1, -0.05) is 12.1 Å². The van der Waals surface area contributed by atoms with Gasteiger partial charge < -0.3 is 10.1 Å². The first-order chi connectivity index (χ1) is 10.6. The maximum absolute atomic E-state index is 13.5. The number of nitriles is 1. The molecule has 0 spiro atoms. The SMILES string of the molecule is COc1cc(C#N)ccc1CCNCc1ccc(F)cc1F. The van der Waals surface area contributed by atoms with Crippen LogP contribution in [-0.4, -0.2) is 13.7 Å². The number of rotatable bonds is 6. The number of ether oxygens (including phenoxy) is 1. The van der Waals surface area contributed by atoms with Crippen LogP contribution in [0.5, 0.6) is 5.75 Å². The van der Waals surface area contributed by atoms with Gasteiger partial charge in [0.2, 0.25) is 0 Å². The molecular weight excluding hydrogens is 286 g/mol. The highest BCUT2D eigenvalue weighted by Crippen LogP contribution is 2.20. The van der Waals surface area contributed by atoms with Crippen molar-refractivity contribution in [3.63, 3.8) is 0 Å². The Balaban J connectivity index is 1.90. The van der Waals surface area contributed by atoms with Crippen molar-refractivity contribution < 1.29 is 13.5 Å². The van der Waals surface area contributed by atoms with E-state index in [1.54, 1.807) is 19.2 Å². The summed E-state index contributed by atoms with van der Waals surface area (Å²) in [7, 11) is 1.56. The summed E-state index contributed by atoms with van der Waals surface area (Å²) in [6.45, 7) is 0.934. The molecule has 3 nitrogen and oxygen atoms in total. The van der Waals surface area contributed by atoms with Crippen molar-refractivity contribution in [1.29, 1.82) is 5.26 Å². The largest absolute Gasteiger partial charge is 0.496 e. The van der Waals surface area contributed by atoms with E-state index in [0.29, 0.717) is 36.4 Å². The second-order valence-electron chi connectivity index (χ2n) is 4.80. The monoisotopic (exact) mass is 302 g/mol. The molecule has 0 aliphatic carbocycles. The minimum atomic E-state index is -0.580. The second kappa shape index (κ2) is 7.53. The molecule has 114 valence electrons. The van der Waals surface area contributed by atoms with E-state index in [4.69, 9.17) is 10.00 Å². The Morgan fingerprint density at radius 2 is 1.91 bits per heavy atom. The molecule has 0 aromatic heterocycles. The number of benzene rings is 2. The third-order valence-corrected chi connectivity index (χ3v) is 3.32. The molecule has 0 heterocycles. The highest BCUT2D eigenvalue weighted by molar-refractivity contribution is 5.42. The highest BCUT2D eigenvalue weighted by Gasteiger charge is 2.06. The van der Waals surface area contributed by atoms with E-state index in [2.05, 4.69) is 11.4 Å². The standard InChI is InChI=1S/C17H16F2N2O/c1-22-17-8-12(10-20)2-3-13(17)6-7-21-11-14-4-5-15(18)9-16(14)19/h2-5,8-9,21H,6-7,11H2,1H3. The molecule has 2 aromatic carbocycles. The minimum Gasteiger partial charge on any atom is -0.496 e. The number of methoxy groups -OCH3 is 1. The van der Waals surface area contributed by atoms with E-state index in [9.17, 15) is 8.78 Å². The van der Waals surface area contributed by atoms with Gasteiger partial charge in [-0.05, 0) is 36.7 Å². The van der Waals surface area contributed by atoms with Gasteiger partial charge in [0.1, 0.15) is 17.4 Å². The zero-order valence-corrected chi connectivity index (χ0v) is 12.2. The number of hydrogen-bond donors (Lipinski definition) is 1. The van der Waals surface area contributed by atoms with E-state index in [1.807, 2.05) is 6.07 Å².